The Bertz CT molecular complexity index is 1630. The average molecular weight is 635 g/mol. The Labute approximate surface area is 267 Å². The number of rotatable bonds is 9. The zero-order valence-corrected chi connectivity index (χ0v) is 27.6. The smallest absolute Gasteiger partial charge is 0.248 e. The molecule has 1 heterocycles. The second-order valence-corrected chi connectivity index (χ2v) is 13.0. The Morgan fingerprint density at radius 2 is 1.73 bits per heavy atom. The number of ether oxygens (including phenoxy) is 3. The molecule has 2 aliphatic rings. The third kappa shape index (κ3) is 6.78. The largest absolute Gasteiger partial charge is 0.493 e. The van der Waals surface area contributed by atoms with Crippen LogP contribution in [0.4, 0.5) is 10.8 Å². The minimum atomic E-state index is -0.694. The van der Waals surface area contributed by atoms with E-state index < -0.39 is 12.1 Å². The van der Waals surface area contributed by atoms with E-state index in [0.717, 1.165) is 48.1 Å². The molecule has 0 bridgehead atoms. The summed E-state index contributed by atoms with van der Waals surface area (Å²) in [6.07, 6.45) is 6.53. The molecule has 1 aromatic heterocycles. The molecule has 11 heteroatoms. The molecule has 0 aliphatic heterocycles. The highest BCUT2D eigenvalue weighted by Gasteiger charge is 2.30. The average Bonchev–Trinajstić information content (AvgIpc) is 3.11. The van der Waals surface area contributed by atoms with Gasteiger partial charge in [-0.05, 0) is 79.3 Å². The van der Waals surface area contributed by atoms with Gasteiger partial charge >= 0.3 is 0 Å². The maximum atomic E-state index is 13.8. The fourth-order valence-corrected chi connectivity index (χ4v) is 7.35. The molecule has 0 unspecified atom stereocenters. The zero-order chi connectivity index (χ0) is 32.2. The minimum absolute atomic E-state index is 0.129. The summed E-state index contributed by atoms with van der Waals surface area (Å²) in [6.45, 7) is 5.33. The van der Waals surface area contributed by atoms with E-state index in [-0.39, 0.29) is 28.8 Å². The number of fused-ring (bicyclic) bond motifs is 4. The number of aryl methyl sites for hydroxylation is 3. The maximum Gasteiger partial charge on any atom is 0.248 e. The van der Waals surface area contributed by atoms with E-state index in [2.05, 4.69) is 16.0 Å². The van der Waals surface area contributed by atoms with Gasteiger partial charge in [-0.3, -0.25) is 14.4 Å². The molecule has 3 N–H and O–H groups in total. The molecule has 0 fully saturated rings. The molecule has 10 nitrogen and oxygen atoms in total. The summed E-state index contributed by atoms with van der Waals surface area (Å²) in [6, 6.07) is 5.89. The van der Waals surface area contributed by atoms with Crippen LogP contribution in [-0.2, 0) is 28.9 Å². The van der Waals surface area contributed by atoms with E-state index in [1.807, 2.05) is 26.0 Å². The van der Waals surface area contributed by atoms with Crippen molar-refractivity contribution in [3.63, 3.8) is 0 Å². The summed E-state index contributed by atoms with van der Waals surface area (Å²) in [5.74, 6) is 0.864. The first-order chi connectivity index (χ1) is 21.6. The van der Waals surface area contributed by atoms with Crippen LogP contribution in [-0.4, -0.2) is 44.2 Å². The van der Waals surface area contributed by atoms with E-state index in [1.165, 1.54) is 18.2 Å². The Balaban J connectivity index is 1.55. The van der Waals surface area contributed by atoms with E-state index in [4.69, 9.17) is 19.2 Å². The van der Waals surface area contributed by atoms with Crippen LogP contribution in [0, 0.1) is 5.92 Å². The van der Waals surface area contributed by atoms with Crippen LogP contribution >= 0.6 is 11.3 Å². The van der Waals surface area contributed by atoms with Gasteiger partial charge < -0.3 is 30.2 Å². The predicted molar refractivity (Wildman–Crippen MR) is 177 cm³/mol. The SMILES string of the molecule is COc1cc2c(c(OC)c1OC)-c1ccc(N[C@H](C(=O)Nc3nc4c(s3)CCCCC4)C(C)C)c(=O)cc1[C@@H](NC(C)=O)CC2. The number of nitrogens with zero attached hydrogens (tertiary/aromatic N) is 1. The van der Waals surface area contributed by atoms with E-state index in [1.54, 1.807) is 44.8 Å². The zero-order valence-electron chi connectivity index (χ0n) is 26.8. The van der Waals surface area contributed by atoms with Gasteiger partial charge in [0.2, 0.25) is 23.0 Å². The van der Waals surface area contributed by atoms with Crippen molar-refractivity contribution in [2.45, 2.75) is 77.8 Å². The second kappa shape index (κ2) is 13.9. The molecule has 45 heavy (non-hydrogen) atoms. The van der Waals surface area contributed by atoms with E-state index >= 15 is 0 Å². The molecule has 5 rings (SSSR count). The lowest BCUT2D eigenvalue weighted by molar-refractivity contribution is -0.120. The van der Waals surface area contributed by atoms with Gasteiger partial charge in [0, 0.05) is 17.4 Å². The summed E-state index contributed by atoms with van der Waals surface area (Å²) in [4.78, 5) is 45.7. The van der Waals surface area contributed by atoms with Crippen LogP contribution in [0.15, 0.2) is 29.1 Å². The summed E-state index contributed by atoms with van der Waals surface area (Å²) >= 11 is 1.54. The highest BCUT2D eigenvalue weighted by molar-refractivity contribution is 7.15. The lowest BCUT2D eigenvalue weighted by Crippen LogP contribution is -2.39. The number of nitrogens with one attached hydrogen (secondary N) is 3. The summed E-state index contributed by atoms with van der Waals surface area (Å²) in [5, 5.41) is 9.86. The summed E-state index contributed by atoms with van der Waals surface area (Å²) in [5.41, 5.74) is 4.14. The molecule has 2 aliphatic carbocycles. The summed E-state index contributed by atoms with van der Waals surface area (Å²) in [7, 11) is 4.68. The highest BCUT2D eigenvalue weighted by Crippen LogP contribution is 2.50. The lowest BCUT2D eigenvalue weighted by Gasteiger charge is -2.21. The van der Waals surface area contributed by atoms with Gasteiger partial charge in [0.05, 0.1) is 38.8 Å². The Morgan fingerprint density at radius 1 is 0.978 bits per heavy atom. The molecule has 0 radical (unpaired) electrons. The fraction of sp³-hybridized carbons (Fsp3) is 0.471. The van der Waals surface area contributed by atoms with Crippen molar-refractivity contribution in [2.75, 3.05) is 32.0 Å². The van der Waals surface area contributed by atoms with Crippen molar-refractivity contribution in [2.24, 2.45) is 5.92 Å². The Hall–Kier alpha value is -4.12. The van der Waals surface area contributed by atoms with Crippen LogP contribution in [0.25, 0.3) is 11.1 Å². The molecule has 0 saturated heterocycles. The van der Waals surface area contributed by atoms with Crippen molar-refractivity contribution in [1.29, 1.82) is 0 Å². The third-order valence-corrected chi connectivity index (χ3v) is 9.57. The minimum Gasteiger partial charge on any atom is -0.493 e. The van der Waals surface area contributed by atoms with Gasteiger partial charge in [0.25, 0.3) is 0 Å². The van der Waals surface area contributed by atoms with Gasteiger partial charge in [-0.2, -0.15) is 0 Å². The fourth-order valence-electron chi connectivity index (χ4n) is 6.29. The monoisotopic (exact) mass is 634 g/mol. The van der Waals surface area contributed by atoms with E-state index in [0.29, 0.717) is 40.8 Å². The predicted octanol–water partition coefficient (Wildman–Crippen LogP) is 5.66. The number of anilines is 2. The number of benzene rings is 1. The molecule has 0 saturated carbocycles. The number of aromatic nitrogens is 1. The molecule has 0 spiro atoms. The number of amides is 2. The normalized spacial score (nSPS) is 16.2. The van der Waals surface area contributed by atoms with Crippen molar-refractivity contribution in [3.8, 4) is 28.4 Å². The quantitative estimate of drug-likeness (QED) is 0.257. The van der Waals surface area contributed by atoms with Crippen LogP contribution in [0.3, 0.4) is 0 Å². The molecule has 2 aromatic carbocycles. The molecule has 2 amide bonds. The highest BCUT2D eigenvalue weighted by atomic mass is 32.1. The number of hydrogen-bond acceptors (Lipinski definition) is 9. The molecule has 240 valence electrons. The van der Waals surface area contributed by atoms with Gasteiger partial charge in [-0.25, -0.2) is 4.98 Å². The lowest BCUT2D eigenvalue weighted by atomic mass is 9.95. The van der Waals surface area contributed by atoms with Crippen molar-refractivity contribution in [3.05, 3.63) is 56.2 Å². The van der Waals surface area contributed by atoms with Crippen LogP contribution in [0.2, 0.25) is 0 Å². The van der Waals surface area contributed by atoms with Crippen LogP contribution < -0.4 is 35.6 Å². The Kier molecular flexibility index (Phi) is 9.96. The van der Waals surface area contributed by atoms with Crippen LogP contribution in [0.1, 0.15) is 74.2 Å². The number of thiazole rings is 1. The van der Waals surface area contributed by atoms with Gasteiger partial charge in [0.15, 0.2) is 16.6 Å². The van der Waals surface area contributed by atoms with Crippen molar-refractivity contribution < 1.29 is 23.8 Å². The van der Waals surface area contributed by atoms with Gasteiger partial charge in [0.1, 0.15) is 6.04 Å². The maximum absolute atomic E-state index is 13.8. The standard InChI is InChI=1S/C34H42N4O6S/c1-18(2)30(33(41)38-34-37-25-10-8-7-9-11-28(25)45-34)36-24-15-13-21-22(17-26(24)40)23(35-19(3)39)14-12-20-16-27(42-4)31(43-5)32(44-6)29(20)21/h13,15-18,23,30H,7-12,14H2,1-6H3,(H,35,39)(H,36,40)(H,37,38,41)/t23-,30-/m0/s1. The first kappa shape index (κ1) is 32.3. The van der Waals surface area contributed by atoms with Crippen molar-refractivity contribution in [1.82, 2.24) is 10.3 Å². The number of carbonyl (C=O) groups is 2. The van der Waals surface area contributed by atoms with Crippen LogP contribution in [0.5, 0.6) is 17.2 Å². The molecular formula is C34H42N4O6S. The third-order valence-electron chi connectivity index (χ3n) is 8.50. The summed E-state index contributed by atoms with van der Waals surface area (Å²) < 4.78 is 17.2. The topological polar surface area (TPSA) is 128 Å². The number of methoxy groups -OCH3 is 3. The first-order valence-electron chi connectivity index (χ1n) is 15.5. The van der Waals surface area contributed by atoms with Gasteiger partial charge in [-0.1, -0.05) is 26.3 Å². The number of carbonyl (C=O) groups excluding carboxylic acids is 2. The Morgan fingerprint density at radius 3 is 2.42 bits per heavy atom. The first-order valence-corrected chi connectivity index (χ1v) is 16.3. The van der Waals surface area contributed by atoms with Gasteiger partial charge in [-0.15, -0.1) is 11.3 Å². The molecule has 3 aromatic rings. The number of hydrogen-bond donors (Lipinski definition) is 3. The molecule has 2 atom stereocenters. The van der Waals surface area contributed by atoms with Crippen molar-refractivity contribution >= 4 is 34.0 Å². The van der Waals surface area contributed by atoms with E-state index in [9.17, 15) is 14.4 Å². The molecular weight excluding hydrogens is 592 g/mol. The second-order valence-electron chi connectivity index (χ2n) is 11.9.